The zero-order chi connectivity index (χ0) is 17.9. The van der Waals surface area contributed by atoms with Gasteiger partial charge < -0.3 is 15.2 Å². The van der Waals surface area contributed by atoms with Crippen molar-refractivity contribution in [3.05, 3.63) is 0 Å². The van der Waals surface area contributed by atoms with Crippen molar-refractivity contribution < 1.29 is 9.84 Å². The fraction of sp³-hybridized carbons (Fsp3) is 0.765. The van der Waals surface area contributed by atoms with Crippen LogP contribution in [0.15, 0.2) is 5.16 Å². The highest BCUT2D eigenvalue weighted by Gasteiger charge is 2.30. The molecule has 26 heavy (non-hydrogen) atoms. The van der Waals surface area contributed by atoms with Gasteiger partial charge >= 0.3 is 0 Å². The van der Waals surface area contributed by atoms with Crippen molar-refractivity contribution in [1.29, 1.82) is 0 Å². The summed E-state index contributed by atoms with van der Waals surface area (Å²) in [5, 5.41) is 22.0. The molecule has 2 fully saturated rings. The third-order valence-electron chi connectivity index (χ3n) is 4.80. The van der Waals surface area contributed by atoms with Gasteiger partial charge in [-0.2, -0.15) is 0 Å². The Hall–Kier alpha value is -1.45. The van der Waals surface area contributed by atoms with Gasteiger partial charge in [0, 0.05) is 11.8 Å². The molecule has 2 heterocycles. The molecule has 0 aliphatic heterocycles. The van der Waals surface area contributed by atoms with Crippen molar-refractivity contribution >= 4 is 28.7 Å². The molecule has 0 spiro atoms. The number of rotatable bonds is 9. The van der Waals surface area contributed by atoms with Crippen molar-refractivity contribution in [3.8, 4) is 0 Å². The van der Waals surface area contributed by atoms with Crippen LogP contribution >= 0.6 is 11.8 Å². The second kappa shape index (κ2) is 8.06. The zero-order valence-corrected chi connectivity index (χ0v) is 15.9. The fourth-order valence-corrected chi connectivity index (χ4v) is 4.04. The Balaban J connectivity index is 1.60. The first-order valence-corrected chi connectivity index (χ1v) is 10.5. The van der Waals surface area contributed by atoms with E-state index in [-0.39, 0.29) is 18.8 Å². The molecule has 0 saturated heterocycles. The summed E-state index contributed by atoms with van der Waals surface area (Å²) in [6.07, 6.45) is 6.47. The molecule has 2 N–H and O–H groups in total. The Labute approximate surface area is 157 Å². The second-order valence-electron chi connectivity index (χ2n) is 7.01. The van der Waals surface area contributed by atoms with E-state index in [9.17, 15) is 0 Å². The van der Waals surface area contributed by atoms with Crippen molar-refractivity contribution in [2.45, 2.75) is 68.8 Å². The number of ether oxygens (including phenoxy) is 1. The van der Waals surface area contributed by atoms with Crippen LogP contribution < -0.4 is 5.32 Å². The number of hydrogen-bond donors (Lipinski definition) is 2. The first-order chi connectivity index (χ1) is 12.8. The predicted molar refractivity (Wildman–Crippen MR) is 100 cm³/mol. The highest BCUT2D eigenvalue weighted by atomic mass is 32.2. The third-order valence-corrected chi connectivity index (χ3v) is 5.86. The average molecular weight is 379 g/mol. The van der Waals surface area contributed by atoms with Crippen molar-refractivity contribution in [2.24, 2.45) is 0 Å². The SMILES string of the molecule is CCCSc1nc(NC2CC2)c2nnn(C3CCC(OCCO)C3)c2n1. The average Bonchev–Trinajstić information content (AvgIpc) is 3.17. The van der Waals surface area contributed by atoms with Gasteiger partial charge in [0.25, 0.3) is 0 Å². The van der Waals surface area contributed by atoms with Crippen LogP contribution in [0.2, 0.25) is 0 Å². The quantitative estimate of drug-likeness (QED) is 0.507. The number of aliphatic hydroxyl groups excluding tert-OH is 1. The zero-order valence-electron chi connectivity index (χ0n) is 15.1. The van der Waals surface area contributed by atoms with E-state index in [0.717, 1.165) is 53.6 Å². The summed E-state index contributed by atoms with van der Waals surface area (Å²) in [5.41, 5.74) is 1.58. The molecule has 2 saturated carbocycles. The topological polar surface area (TPSA) is 98.0 Å². The predicted octanol–water partition coefficient (Wildman–Crippen LogP) is 2.40. The highest BCUT2D eigenvalue weighted by molar-refractivity contribution is 7.99. The van der Waals surface area contributed by atoms with Crippen LogP contribution in [0.5, 0.6) is 0 Å². The summed E-state index contributed by atoms with van der Waals surface area (Å²) in [6.45, 7) is 2.62. The van der Waals surface area contributed by atoms with Crippen LogP contribution in [-0.2, 0) is 4.74 Å². The van der Waals surface area contributed by atoms with E-state index in [2.05, 4.69) is 27.5 Å². The Kier molecular flexibility index (Phi) is 5.56. The van der Waals surface area contributed by atoms with Crippen LogP contribution in [0.4, 0.5) is 5.82 Å². The fourth-order valence-electron chi connectivity index (χ4n) is 3.35. The molecule has 8 nitrogen and oxygen atoms in total. The smallest absolute Gasteiger partial charge is 0.191 e. The molecule has 0 amide bonds. The maximum absolute atomic E-state index is 8.95. The minimum Gasteiger partial charge on any atom is -0.394 e. The summed E-state index contributed by atoms with van der Waals surface area (Å²) in [7, 11) is 0. The molecule has 2 unspecified atom stereocenters. The molecule has 0 aromatic carbocycles. The van der Waals surface area contributed by atoms with Gasteiger partial charge in [-0.05, 0) is 38.5 Å². The van der Waals surface area contributed by atoms with Gasteiger partial charge in [0.1, 0.15) is 0 Å². The van der Waals surface area contributed by atoms with E-state index in [1.54, 1.807) is 11.8 Å². The van der Waals surface area contributed by atoms with E-state index in [1.807, 2.05) is 4.68 Å². The molecule has 4 rings (SSSR count). The molecule has 0 radical (unpaired) electrons. The molecule has 2 aliphatic rings. The number of nitrogens with zero attached hydrogens (tertiary/aromatic N) is 5. The molecule has 0 bridgehead atoms. The molecular formula is C17H26N6O2S. The number of anilines is 1. The second-order valence-corrected chi connectivity index (χ2v) is 8.07. The van der Waals surface area contributed by atoms with Gasteiger partial charge in [0.2, 0.25) is 0 Å². The van der Waals surface area contributed by atoms with Gasteiger partial charge in [0.15, 0.2) is 22.1 Å². The number of aliphatic hydroxyl groups is 1. The van der Waals surface area contributed by atoms with Crippen LogP contribution in [-0.4, -0.2) is 61.2 Å². The minimum absolute atomic E-state index is 0.0643. The van der Waals surface area contributed by atoms with Crippen molar-refractivity contribution in [3.63, 3.8) is 0 Å². The Morgan fingerprint density at radius 1 is 1.27 bits per heavy atom. The van der Waals surface area contributed by atoms with Crippen molar-refractivity contribution in [2.75, 3.05) is 24.3 Å². The molecule has 2 aliphatic carbocycles. The standard InChI is InChI=1S/C17H26N6O2S/c1-2-9-26-17-19-15(18-11-3-4-11)14-16(20-17)23(22-21-14)12-5-6-13(10-12)25-8-7-24/h11-13,24H,2-10H2,1H3,(H,18,19,20). The summed E-state index contributed by atoms with van der Waals surface area (Å²) >= 11 is 1.68. The summed E-state index contributed by atoms with van der Waals surface area (Å²) in [5.74, 6) is 1.81. The molecule has 142 valence electrons. The maximum atomic E-state index is 8.95. The van der Waals surface area contributed by atoms with Gasteiger partial charge in [-0.15, -0.1) is 5.10 Å². The van der Waals surface area contributed by atoms with Crippen LogP contribution in [0.1, 0.15) is 51.5 Å². The van der Waals surface area contributed by atoms with Crippen LogP contribution in [0, 0.1) is 0 Å². The first-order valence-electron chi connectivity index (χ1n) is 9.53. The van der Waals surface area contributed by atoms with Crippen LogP contribution in [0.3, 0.4) is 0 Å². The molecule has 2 aromatic rings. The summed E-state index contributed by atoms with van der Waals surface area (Å²) in [6, 6.07) is 0.737. The maximum Gasteiger partial charge on any atom is 0.191 e. The Morgan fingerprint density at radius 3 is 2.92 bits per heavy atom. The largest absolute Gasteiger partial charge is 0.394 e. The lowest BCUT2D eigenvalue weighted by molar-refractivity contribution is 0.0309. The molecular weight excluding hydrogens is 352 g/mol. The van der Waals surface area contributed by atoms with E-state index in [1.165, 1.54) is 12.8 Å². The van der Waals surface area contributed by atoms with Gasteiger partial charge in [-0.1, -0.05) is 23.9 Å². The lowest BCUT2D eigenvalue weighted by Gasteiger charge is -2.13. The van der Waals surface area contributed by atoms with E-state index < -0.39 is 0 Å². The number of aromatic nitrogens is 5. The highest BCUT2D eigenvalue weighted by Crippen LogP contribution is 2.35. The van der Waals surface area contributed by atoms with E-state index in [4.69, 9.17) is 14.8 Å². The Bertz CT molecular complexity index is 750. The number of fused-ring (bicyclic) bond motifs is 1. The molecule has 2 aromatic heterocycles. The summed E-state index contributed by atoms with van der Waals surface area (Å²) in [4.78, 5) is 9.45. The van der Waals surface area contributed by atoms with Crippen LogP contribution in [0.25, 0.3) is 11.2 Å². The number of nitrogens with one attached hydrogen (secondary N) is 1. The van der Waals surface area contributed by atoms with Gasteiger partial charge in [-0.3, -0.25) is 0 Å². The molecule has 2 atom stereocenters. The Morgan fingerprint density at radius 2 is 2.15 bits per heavy atom. The molecule has 9 heteroatoms. The van der Waals surface area contributed by atoms with Crippen molar-refractivity contribution in [1.82, 2.24) is 25.0 Å². The number of thioether (sulfide) groups is 1. The lowest BCUT2D eigenvalue weighted by atomic mass is 10.2. The lowest BCUT2D eigenvalue weighted by Crippen LogP contribution is -2.14. The van der Waals surface area contributed by atoms with E-state index >= 15 is 0 Å². The first kappa shape index (κ1) is 17.9. The van der Waals surface area contributed by atoms with E-state index in [0.29, 0.717) is 12.6 Å². The van der Waals surface area contributed by atoms with Gasteiger partial charge in [0.05, 0.1) is 25.4 Å². The third kappa shape index (κ3) is 3.94. The monoisotopic (exact) mass is 378 g/mol. The summed E-state index contributed by atoms with van der Waals surface area (Å²) < 4.78 is 7.64. The normalized spacial score (nSPS) is 23.0. The minimum atomic E-state index is 0.0643. The van der Waals surface area contributed by atoms with Gasteiger partial charge in [-0.25, -0.2) is 14.6 Å². The number of hydrogen-bond acceptors (Lipinski definition) is 8.